The van der Waals surface area contributed by atoms with Gasteiger partial charge in [0.05, 0.1) is 0 Å². The third kappa shape index (κ3) is 4.28. The van der Waals surface area contributed by atoms with Crippen LogP contribution in [0.1, 0.15) is 47.5 Å². The quantitative estimate of drug-likeness (QED) is 0.825. The van der Waals surface area contributed by atoms with Crippen LogP contribution in [0.5, 0.6) is 0 Å². The van der Waals surface area contributed by atoms with Crippen molar-refractivity contribution in [2.45, 2.75) is 37.1 Å². The maximum atomic E-state index is 12.5. The number of carbonyl (C=O) groups excluding carboxylic acids is 1. The lowest BCUT2D eigenvalue weighted by Crippen LogP contribution is -2.54. The van der Waals surface area contributed by atoms with Crippen molar-refractivity contribution in [2.24, 2.45) is 0 Å². The Balaban J connectivity index is 1.63. The van der Waals surface area contributed by atoms with E-state index in [0.29, 0.717) is 23.0 Å². The van der Waals surface area contributed by atoms with Crippen molar-refractivity contribution in [1.29, 1.82) is 0 Å². The van der Waals surface area contributed by atoms with Gasteiger partial charge in [-0.2, -0.15) is 0 Å². The molecule has 0 atom stereocenters. The summed E-state index contributed by atoms with van der Waals surface area (Å²) >= 11 is 6.00. The molecule has 3 rings (SSSR count). The number of hydrogen-bond donors (Lipinski definition) is 1. The SMILES string of the molecule is CN(C)C1(CNC(=O)c2cccc(Cl)c2)CCC(c2ccccc2)CC1. The molecule has 1 fully saturated rings. The summed E-state index contributed by atoms with van der Waals surface area (Å²) in [7, 11) is 4.24. The van der Waals surface area contributed by atoms with Crippen molar-refractivity contribution >= 4 is 17.5 Å². The Kier molecular flexibility index (Phi) is 6.00. The highest BCUT2D eigenvalue weighted by molar-refractivity contribution is 6.30. The molecule has 2 aromatic rings. The van der Waals surface area contributed by atoms with Crippen molar-refractivity contribution in [3.8, 4) is 0 Å². The minimum Gasteiger partial charge on any atom is -0.350 e. The van der Waals surface area contributed by atoms with Crippen molar-refractivity contribution in [2.75, 3.05) is 20.6 Å². The lowest BCUT2D eigenvalue weighted by molar-refractivity contribution is 0.0769. The summed E-state index contributed by atoms with van der Waals surface area (Å²) in [5, 5.41) is 3.72. The largest absolute Gasteiger partial charge is 0.350 e. The second kappa shape index (κ2) is 8.24. The molecule has 1 aliphatic carbocycles. The fourth-order valence-corrected chi connectivity index (χ4v) is 4.16. The lowest BCUT2D eigenvalue weighted by Gasteiger charge is -2.45. The Labute approximate surface area is 161 Å². The van der Waals surface area contributed by atoms with E-state index in [2.05, 4.69) is 54.6 Å². The van der Waals surface area contributed by atoms with Gasteiger partial charge < -0.3 is 10.2 Å². The first kappa shape index (κ1) is 18.9. The van der Waals surface area contributed by atoms with Crippen molar-refractivity contribution in [1.82, 2.24) is 10.2 Å². The zero-order chi connectivity index (χ0) is 18.6. The summed E-state index contributed by atoms with van der Waals surface area (Å²) in [5.74, 6) is 0.562. The minimum absolute atomic E-state index is 0.0134. The summed E-state index contributed by atoms with van der Waals surface area (Å²) in [4.78, 5) is 14.8. The van der Waals surface area contributed by atoms with Crippen LogP contribution in [0.3, 0.4) is 0 Å². The average Bonchev–Trinajstić information content (AvgIpc) is 2.67. The molecule has 138 valence electrons. The number of rotatable bonds is 5. The molecule has 1 amide bonds. The average molecular weight is 371 g/mol. The normalized spacial score (nSPS) is 23.0. The fraction of sp³-hybridized carbons (Fsp3) is 0.409. The molecule has 4 heteroatoms. The first-order valence-electron chi connectivity index (χ1n) is 9.26. The second-order valence-corrected chi connectivity index (χ2v) is 7.93. The van der Waals surface area contributed by atoms with Crippen LogP contribution in [0.2, 0.25) is 5.02 Å². The minimum atomic E-state index is -0.0566. The molecule has 0 aliphatic heterocycles. The van der Waals surface area contributed by atoms with Gasteiger partial charge in [-0.25, -0.2) is 0 Å². The molecular formula is C22H27ClN2O. The topological polar surface area (TPSA) is 32.3 Å². The van der Waals surface area contributed by atoms with Crippen LogP contribution in [-0.2, 0) is 0 Å². The van der Waals surface area contributed by atoms with E-state index in [4.69, 9.17) is 11.6 Å². The maximum Gasteiger partial charge on any atom is 0.251 e. The van der Waals surface area contributed by atoms with E-state index in [9.17, 15) is 4.79 Å². The van der Waals surface area contributed by atoms with Gasteiger partial charge in [0.1, 0.15) is 0 Å². The van der Waals surface area contributed by atoms with E-state index in [-0.39, 0.29) is 11.4 Å². The van der Waals surface area contributed by atoms with Gasteiger partial charge in [-0.05, 0) is 69.5 Å². The van der Waals surface area contributed by atoms with Gasteiger partial charge in [0, 0.05) is 22.7 Å². The first-order valence-corrected chi connectivity index (χ1v) is 9.64. The number of amides is 1. The van der Waals surface area contributed by atoms with Crippen LogP contribution >= 0.6 is 11.6 Å². The van der Waals surface area contributed by atoms with E-state index in [0.717, 1.165) is 25.7 Å². The van der Waals surface area contributed by atoms with Crippen LogP contribution in [0.25, 0.3) is 0 Å². The highest BCUT2D eigenvalue weighted by Gasteiger charge is 2.37. The van der Waals surface area contributed by atoms with Gasteiger partial charge in [-0.15, -0.1) is 0 Å². The molecule has 0 saturated heterocycles. The number of nitrogens with one attached hydrogen (secondary N) is 1. The number of nitrogens with zero attached hydrogens (tertiary/aromatic N) is 1. The lowest BCUT2D eigenvalue weighted by atomic mass is 9.73. The number of halogens is 1. The van der Waals surface area contributed by atoms with Crippen LogP contribution in [0.15, 0.2) is 54.6 Å². The second-order valence-electron chi connectivity index (χ2n) is 7.50. The molecule has 1 aliphatic rings. The van der Waals surface area contributed by atoms with E-state index >= 15 is 0 Å². The summed E-state index contributed by atoms with van der Waals surface area (Å²) in [6.07, 6.45) is 4.45. The number of likely N-dealkylation sites (N-methyl/N-ethyl adjacent to an activating group) is 1. The molecule has 1 saturated carbocycles. The summed E-state index contributed by atoms with van der Waals surface area (Å²) < 4.78 is 0. The predicted octanol–water partition coefficient (Wildman–Crippen LogP) is 4.73. The molecule has 26 heavy (non-hydrogen) atoms. The number of benzene rings is 2. The number of hydrogen-bond acceptors (Lipinski definition) is 2. The monoisotopic (exact) mass is 370 g/mol. The molecule has 0 aromatic heterocycles. The Morgan fingerprint density at radius 2 is 1.81 bits per heavy atom. The zero-order valence-corrected chi connectivity index (χ0v) is 16.3. The van der Waals surface area contributed by atoms with E-state index in [1.165, 1.54) is 5.56 Å². The number of carbonyl (C=O) groups is 1. The van der Waals surface area contributed by atoms with Crippen molar-refractivity contribution in [3.05, 3.63) is 70.7 Å². The third-order valence-corrected chi connectivity index (χ3v) is 6.04. The Morgan fingerprint density at radius 3 is 2.42 bits per heavy atom. The first-order chi connectivity index (χ1) is 12.5. The van der Waals surface area contributed by atoms with E-state index < -0.39 is 0 Å². The standard InChI is InChI=1S/C22H27ClN2O/c1-25(2)22(16-24-21(26)19-9-6-10-20(23)15-19)13-11-18(12-14-22)17-7-4-3-5-8-17/h3-10,15,18H,11-14,16H2,1-2H3,(H,24,26). The van der Waals surface area contributed by atoms with Crippen LogP contribution < -0.4 is 5.32 Å². The molecule has 2 aromatic carbocycles. The Bertz CT molecular complexity index is 737. The van der Waals surface area contributed by atoms with Gasteiger partial charge in [0.25, 0.3) is 5.91 Å². The maximum absolute atomic E-state index is 12.5. The molecule has 0 unspecified atom stereocenters. The van der Waals surface area contributed by atoms with Gasteiger partial charge >= 0.3 is 0 Å². The molecule has 3 nitrogen and oxygen atoms in total. The predicted molar refractivity (Wildman–Crippen MR) is 108 cm³/mol. The van der Waals surface area contributed by atoms with Crippen molar-refractivity contribution < 1.29 is 4.79 Å². The van der Waals surface area contributed by atoms with Gasteiger partial charge in [0.2, 0.25) is 0 Å². The highest BCUT2D eigenvalue weighted by atomic mass is 35.5. The van der Waals surface area contributed by atoms with Crippen molar-refractivity contribution in [3.63, 3.8) is 0 Å². The van der Waals surface area contributed by atoms with E-state index in [1.54, 1.807) is 18.2 Å². The molecule has 0 spiro atoms. The smallest absolute Gasteiger partial charge is 0.251 e. The summed E-state index contributed by atoms with van der Waals surface area (Å²) in [5.41, 5.74) is 2.06. The Hall–Kier alpha value is -1.84. The van der Waals surface area contributed by atoms with Crippen LogP contribution in [0.4, 0.5) is 0 Å². The third-order valence-electron chi connectivity index (χ3n) is 5.80. The molecular weight excluding hydrogens is 344 g/mol. The van der Waals surface area contributed by atoms with Gasteiger partial charge in [0.15, 0.2) is 0 Å². The van der Waals surface area contributed by atoms with Gasteiger partial charge in [-0.1, -0.05) is 48.0 Å². The highest BCUT2D eigenvalue weighted by Crippen LogP contribution is 2.40. The van der Waals surface area contributed by atoms with Crippen LogP contribution in [-0.4, -0.2) is 37.0 Å². The molecule has 1 N–H and O–H groups in total. The Morgan fingerprint density at radius 1 is 1.12 bits per heavy atom. The zero-order valence-electron chi connectivity index (χ0n) is 15.5. The summed E-state index contributed by atoms with van der Waals surface area (Å²) in [6, 6.07) is 17.9. The van der Waals surface area contributed by atoms with E-state index in [1.807, 2.05) is 6.07 Å². The summed E-state index contributed by atoms with van der Waals surface area (Å²) in [6.45, 7) is 0.660. The molecule has 0 radical (unpaired) electrons. The van der Waals surface area contributed by atoms with Gasteiger partial charge in [-0.3, -0.25) is 4.79 Å². The van der Waals surface area contributed by atoms with Crippen LogP contribution in [0, 0.1) is 0 Å². The molecule has 0 bridgehead atoms. The fourth-order valence-electron chi connectivity index (χ4n) is 3.97. The molecule has 0 heterocycles.